The number of amides is 1. The Labute approximate surface area is 96.6 Å². The Morgan fingerprint density at radius 2 is 2.18 bits per heavy atom. The van der Waals surface area contributed by atoms with Crippen LogP contribution in [-0.4, -0.2) is 29.7 Å². The molecule has 1 amide bonds. The summed E-state index contributed by atoms with van der Waals surface area (Å²) in [5, 5.41) is 2.51. The second kappa shape index (κ2) is 5.72. The third-order valence-electron chi connectivity index (χ3n) is 2.08. The molecule has 1 aromatic rings. The van der Waals surface area contributed by atoms with Crippen LogP contribution in [0.4, 0.5) is 13.2 Å². The first-order valence-corrected chi connectivity index (χ1v) is 5.14. The molecule has 0 saturated heterocycles. The lowest BCUT2D eigenvalue weighted by atomic mass is 10.3. The molecule has 0 aliphatic carbocycles. The van der Waals surface area contributed by atoms with E-state index < -0.39 is 18.6 Å². The van der Waals surface area contributed by atoms with E-state index >= 15 is 0 Å². The van der Waals surface area contributed by atoms with Crippen LogP contribution in [0.15, 0.2) is 18.3 Å². The number of carbonyl (C=O) groups excluding carboxylic acids is 1. The Morgan fingerprint density at radius 3 is 2.76 bits per heavy atom. The average molecular weight is 249 g/mol. The van der Waals surface area contributed by atoms with Gasteiger partial charge in [-0.3, -0.25) is 4.79 Å². The molecule has 4 nitrogen and oxygen atoms in total. The van der Waals surface area contributed by atoms with Crippen LogP contribution in [0, 0.1) is 0 Å². The Kier molecular flexibility index (Phi) is 4.56. The van der Waals surface area contributed by atoms with E-state index in [4.69, 9.17) is 5.73 Å². The number of hydrogen-bond acceptors (Lipinski definition) is 2. The first-order chi connectivity index (χ1) is 7.94. The van der Waals surface area contributed by atoms with Crippen molar-refractivity contribution in [3.63, 3.8) is 0 Å². The maximum absolute atomic E-state index is 12.2. The summed E-state index contributed by atoms with van der Waals surface area (Å²) in [6.45, 7) is -0.393. The van der Waals surface area contributed by atoms with Crippen LogP contribution in [-0.2, 0) is 6.54 Å². The molecular formula is C10H14F3N3O. The lowest BCUT2D eigenvalue weighted by Crippen LogP contribution is -2.29. The number of hydrogen-bond donors (Lipinski definition) is 2. The molecule has 17 heavy (non-hydrogen) atoms. The molecule has 96 valence electrons. The summed E-state index contributed by atoms with van der Waals surface area (Å²) in [7, 11) is 0. The molecule has 0 unspecified atom stereocenters. The van der Waals surface area contributed by atoms with E-state index in [1.165, 1.54) is 18.3 Å². The van der Waals surface area contributed by atoms with Gasteiger partial charge in [0.15, 0.2) is 0 Å². The minimum atomic E-state index is -4.34. The van der Waals surface area contributed by atoms with Crippen molar-refractivity contribution in [1.82, 2.24) is 9.88 Å². The maximum atomic E-state index is 12.2. The molecule has 1 aromatic heterocycles. The summed E-state index contributed by atoms with van der Waals surface area (Å²) in [6, 6.07) is 2.76. The van der Waals surface area contributed by atoms with Gasteiger partial charge in [-0.2, -0.15) is 13.2 Å². The van der Waals surface area contributed by atoms with Crippen molar-refractivity contribution in [3.05, 3.63) is 24.0 Å². The summed E-state index contributed by atoms with van der Waals surface area (Å²) in [6.07, 6.45) is -2.53. The Balaban J connectivity index is 2.64. The molecule has 0 bridgehead atoms. The van der Waals surface area contributed by atoms with Gasteiger partial charge in [-0.1, -0.05) is 0 Å². The largest absolute Gasteiger partial charge is 0.406 e. The molecule has 3 N–H and O–H groups in total. The average Bonchev–Trinajstić information content (AvgIpc) is 2.63. The van der Waals surface area contributed by atoms with Crippen molar-refractivity contribution in [3.8, 4) is 0 Å². The van der Waals surface area contributed by atoms with Gasteiger partial charge in [0.1, 0.15) is 12.2 Å². The molecule has 1 rings (SSSR count). The Hall–Kier alpha value is -1.50. The molecular weight excluding hydrogens is 235 g/mol. The van der Waals surface area contributed by atoms with Gasteiger partial charge in [-0.25, -0.2) is 0 Å². The van der Waals surface area contributed by atoms with Crippen LogP contribution >= 0.6 is 0 Å². The van der Waals surface area contributed by atoms with E-state index in [2.05, 4.69) is 5.32 Å². The molecule has 0 aliphatic rings. The summed E-state index contributed by atoms with van der Waals surface area (Å²) in [4.78, 5) is 11.5. The molecule has 0 fully saturated rings. The number of alkyl halides is 3. The van der Waals surface area contributed by atoms with E-state index in [0.717, 1.165) is 4.57 Å². The fraction of sp³-hybridized carbons (Fsp3) is 0.500. The van der Waals surface area contributed by atoms with E-state index in [-0.39, 0.29) is 5.69 Å². The van der Waals surface area contributed by atoms with Crippen LogP contribution in [0.5, 0.6) is 0 Å². The van der Waals surface area contributed by atoms with Crippen molar-refractivity contribution in [2.24, 2.45) is 5.73 Å². The Bertz CT molecular complexity index is 373. The van der Waals surface area contributed by atoms with Crippen molar-refractivity contribution < 1.29 is 18.0 Å². The fourth-order valence-electron chi connectivity index (χ4n) is 1.35. The van der Waals surface area contributed by atoms with Crippen LogP contribution in [0.3, 0.4) is 0 Å². The highest BCUT2D eigenvalue weighted by Gasteiger charge is 2.29. The number of aromatic nitrogens is 1. The Morgan fingerprint density at radius 1 is 1.47 bits per heavy atom. The fourth-order valence-corrected chi connectivity index (χ4v) is 1.35. The number of nitrogens with one attached hydrogen (secondary N) is 1. The highest BCUT2D eigenvalue weighted by atomic mass is 19.4. The SMILES string of the molecule is NCCCNC(=O)c1cccn1CC(F)(F)F. The monoisotopic (exact) mass is 249 g/mol. The van der Waals surface area contributed by atoms with Gasteiger partial charge < -0.3 is 15.6 Å². The molecule has 0 spiro atoms. The molecule has 0 aromatic carbocycles. The molecule has 7 heteroatoms. The highest BCUT2D eigenvalue weighted by molar-refractivity contribution is 5.92. The highest BCUT2D eigenvalue weighted by Crippen LogP contribution is 2.18. The second-order valence-electron chi connectivity index (χ2n) is 3.53. The standard InChI is InChI=1S/C10H14F3N3O/c11-10(12,13)7-16-6-1-3-8(16)9(17)15-5-2-4-14/h1,3,6H,2,4-5,7,14H2,(H,15,17). The smallest absolute Gasteiger partial charge is 0.351 e. The summed E-state index contributed by atoms with van der Waals surface area (Å²) >= 11 is 0. The predicted molar refractivity (Wildman–Crippen MR) is 56.5 cm³/mol. The van der Waals surface area contributed by atoms with Gasteiger partial charge in [0.05, 0.1) is 0 Å². The van der Waals surface area contributed by atoms with E-state index in [0.29, 0.717) is 19.5 Å². The minimum Gasteiger partial charge on any atom is -0.351 e. The molecule has 0 radical (unpaired) electrons. The quantitative estimate of drug-likeness (QED) is 0.768. The first kappa shape index (κ1) is 13.6. The molecule has 0 saturated carbocycles. The van der Waals surface area contributed by atoms with E-state index in [1.807, 2.05) is 0 Å². The van der Waals surface area contributed by atoms with Gasteiger partial charge in [0, 0.05) is 12.7 Å². The topological polar surface area (TPSA) is 60.0 Å². The molecule has 0 aliphatic heterocycles. The zero-order valence-electron chi connectivity index (χ0n) is 9.13. The third kappa shape index (κ3) is 4.48. The maximum Gasteiger partial charge on any atom is 0.406 e. The van der Waals surface area contributed by atoms with Gasteiger partial charge >= 0.3 is 6.18 Å². The van der Waals surface area contributed by atoms with Crippen molar-refractivity contribution in [2.75, 3.05) is 13.1 Å². The van der Waals surface area contributed by atoms with Gasteiger partial charge in [0.25, 0.3) is 5.91 Å². The predicted octanol–water partition coefficient (Wildman–Crippen LogP) is 1.13. The van der Waals surface area contributed by atoms with Crippen LogP contribution in [0.1, 0.15) is 16.9 Å². The van der Waals surface area contributed by atoms with Gasteiger partial charge in [-0.05, 0) is 25.1 Å². The molecule has 0 atom stereocenters. The molecule has 1 heterocycles. The van der Waals surface area contributed by atoms with Crippen molar-refractivity contribution >= 4 is 5.91 Å². The number of rotatable bonds is 5. The van der Waals surface area contributed by atoms with Gasteiger partial charge in [0.2, 0.25) is 0 Å². The van der Waals surface area contributed by atoms with Crippen LogP contribution in [0.2, 0.25) is 0 Å². The van der Waals surface area contributed by atoms with Crippen molar-refractivity contribution in [2.45, 2.75) is 19.1 Å². The van der Waals surface area contributed by atoms with Crippen molar-refractivity contribution in [1.29, 1.82) is 0 Å². The lowest BCUT2D eigenvalue weighted by Gasteiger charge is -2.11. The normalized spacial score (nSPS) is 11.5. The number of nitrogens with zero attached hydrogens (tertiary/aromatic N) is 1. The second-order valence-corrected chi connectivity index (χ2v) is 3.53. The lowest BCUT2D eigenvalue weighted by molar-refractivity contribution is -0.140. The summed E-state index contributed by atoms with van der Waals surface area (Å²) in [5.74, 6) is -0.521. The number of halogens is 3. The zero-order valence-corrected chi connectivity index (χ0v) is 9.13. The van der Waals surface area contributed by atoms with Crippen LogP contribution < -0.4 is 11.1 Å². The summed E-state index contributed by atoms with van der Waals surface area (Å²) < 4.78 is 37.5. The number of nitrogens with two attached hydrogens (primary N) is 1. The van der Waals surface area contributed by atoms with Gasteiger partial charge in [-0.15, -0.1) is 0 Å². The van der Waals surface area contributed by atoms with Crippen LogP contribution in [0.25, 0.3) is 0 Å². The zero-order chi connectivity index (χ0) is 12.9. The van der Waals surface area contributed by atoms with E-state index in [9.17, 15) is 18.0 Å². The summed E-state index contributed by atoms with van der Waals surface area (Å²) in [5.41, 5.74) is 5.24. The minimum absolute atomic E-state index is 0.000605. The number of carbonyl (C=O) groups is 1. The third-order valence-corrected chi connectivity index (χ3v) is 2.08. The first-order valence-electron chi connectivity index (χ1n) is 5.14. The van der Waals surface area contributed by atoms with E-state index in [1.54, 1.807) is 0 Å².